The third-order valence-corrected chi connectivity index (χ3v) is 24.7. The van der Waals surface area contributed by atoms with E-state index in [1.54, 1.807) is 0 Å². The molecule has 0 rings (SSSR count). The smallest absolute Gasteiger partial charge is 0.222 e. The molecule has 34 heavy (non-hydrogen) atoms. The van der Waals surface area contributed by atoms with Crippen LogP contribution in [0.2, 0.25) is 50.9 Å². The first-order valence-corrected chi connectivity index (χ1v) is 24.6. The fourth-order valence-corrected chi connectivity index (χ4v) is 16.7. The van der Waals surface area contributed by atoms with Crippen molar-refractivity contribution in [3.05, 3.63) is 36.8 Å². The minimum Gasteiger partial charge on any atom is -0.412 e. The molecule has 7 heteroatoms. The summed E-state index contributed by atoms with van der Waals surface area (Å²) in [6, 6.07) is 0. The lowest BCUT2D eigenvalue weighted by molar-refractivity contribution is 0.0691. The van der Waals surface area contributed by atoms with E-state index < -0.39 is 33.0 Å². The molecule has 0 N–H and O–H groups in total. The summed E-state index contributed by atoms with van der Waals surface area (Å²) in [5.74, 6) is 0. The Kier molecular flexibility index (Phi) is 11.6. The molecule has 0 aromatic heterocycles. The zero-order chi connectivity index (χ0) is 27.4. The van der Waals surface area contributed by atoms with Crippen LogP contribution < -0.4 is 0 Å². The molecule has 0 aliphatic carbocycles. The molecule has 0 bridgehead atoms. The van der Waals surface area contributed by atoms with E-state index in [2.05, 4.69) is 125 Å². The van der Waals surface area contributed by atoms with Crippen LogP contribution in [0.4, 0.5) is 0 Å². The zero-order valence-electron chi connectivity index (χ0n) is 25.3. The van der Waals surface area contributed by atoms with Gasteiger partial charge in [0.25, 0.3) is 0 Å². The Hall–Kier alpha value is -0.0325. The van der Waals surface area contributed by atoms with Gasteiger partial charge in [0.1, 0.15) is 8.07 Å². The Balaban J connectivity index is 6.38. The quantitative estimate of drug-likeness (QED) is 0.182. The van der Waals surface area contributed by atoms with E-state index in [9.17, 15) is 0 Å². The fourth-order valence-electron chi connectivity index (χ4n) is 4.72. The van der Waals surface area contributed by atoms with Crippen molar-refractivity contribution in [2.75, 3.05) is 0 Å². The van der Waals surface area contributed by atoms with Crippen LogP contribution in [0, 0.1) is 0 Å². The maximum Gasteiger partial charge on any atom is 0.222 e. The van der Waals surface area contributed by atoms with E-state index in [4.69, 9.17) is 13.3 Å². The van der Waals surface area contributed by atoms with Gasteiger partial charge >= 0.3 is 0 Å². The van der Waals surface area contributed by atoms with Gasteiger partial charge in [-0.3, -0.25) is 0 Å². The lowest BCUT2D eigenvalue weighted by Crippen LogP contribution is -2.65. The molecular weight excluding hydrogens is 485 g/mol. The van der Waals surface area contributed by atoms with E-state index in [1.165, 1.54) is 0 Å². The lowest BCUT2D eigenvalue weighted by atomic mass is 10.0. The second-order valence-electron chi connectivity index (χ2n) is 12.5. The summed E-state index contributed by atoms with van der Waals surface area (Å²) in [7, 11) is -8.53. The SMILES string of the molecule is C=C[Si](C)(C)OC(C)(CC)[Si](C)(C)OC(C)C(C)(CC)[Si](C)(C=C)O[C@@](C)(CC)[Si](C)(C)C=C. The van der Waals surface area contributed by atoms with Crippen molar-refractivity contribution >= 4 is 33.0 Å². The zero-order valence-corrected chi connectivity index (χ0v) is 29.3. The highest BCUT2D eigenvalue weighted by Crippen LogP contribution is 2.51. The normalized spacial score (nSPS) is 21.4. The molecule has 0 saturated heterocycles. The third-order valence-electron chi connectivity index (χ3n) is 9.54. The Bertz CT molecular complexity index is 723. The van der Waals surface area contributed by atoms with Crippen molar-refractivity contribution < 1.29 is 13.3 Å². The van der Waals surface area contributed by atoms with Crippen molar-refractivity contribution in [3.8, 4) is 0 Å². The summed E-state index contributed by atoms with van der Waals surface area (Å²) in [6.45, 7) is 44.5. The van der Waals surface area contributed by atoms with Crippen LogP contribution >= 0.6 is 0 Å². The molecule has 0 aromatic carbocycles. The van der Waals surface area contributed by atoms with Crippen LogP contribution in [-0.4, -0.2) is 49.6 Å². The minimum absolute atomic E-state index is 0.0198. The van der Waals surface area contributed by atoms with Crippen LogP contribution in [0.5, 0.6) is 0 Å². The van der Waals surface area contributed by atoms with Gasteiger partial charge < -0.3 is 13.3 Å². The van der Waals surface area contributed by atoms with E-state index in [0.717, 1.165) is 19.3 Å². The predicted octanol–water partition coefficient (Wildman–Crippen LogP) is 8.88. The topological polar surface area (TPSA) is 27.7 Å². The van der Waals surface area contributed by atoms with Gasteiger partial charge in [-0.25, -0.2) is 0 Å². The Labute approximate surface area is 217 Å². The van der Waals surface area contributed by atoms with Crippen LogP contribution in [0.15, 0.2) is 36.8 Å². The van der Waals surface area contributed by atoms with Gasteiger partial charge in [-0.1, -0.05) is 57.9 Å². The first-order valence-electron chi connectivity index (χ1n) is 13.1. The number of rotatable bonds is 16. The average molecular weight is 543 g/mol. The van der Waals surface area contributed by atoms with Crippen molar-refractivity contribution in [2.45, 2.75) is 135 Å². The second kappa shape index (κ2) is 11.6. The summed E-state index contributed by atoms with van der Waals surface area (Å²) in [5.41, 5.74) is 6.34. The Morgan fingerprint density at radius 1 is 0.706 bits per heavy atom. The van der Waals surface area contributed by atoms with E-state index in [0.29, 0.717) is 0 Å². The lowest BCUT2D eigenvalue weighted by Gasteiger charge is -2.55. The molecule has 3 nitrogen and oxygen atoms in total. The summed E-state index contributed by atoms with van der Waals surface area (Å²) in [6.07, 6.45) is 2.88. The van der Waals surface area contributed by atoms with Gasteiger partial charge in [-0.05, 0) is 72.8 Å². The van der Waals surface area contributed by atoms with Gasteiger partial charge in [-0.2, -0.15) is 0 Å². The molecule has 5 atom stereocenters. The molecule has 0 amide bonds. The molecule has 4 unspecified atom stereocenters. The van der Waals surface area contributed by atoms with Crippen LogP contribution in [0.1, 0.15) is 67.7 Å². The molecule has 0 fully saturated rings. The maximum atomic E-state index is 7.29. The van der Waals surface area contributed by atoms with Gasteiger partial charge in [0.05, 0.1) is 5.22 Å². The van der Waals surface area contributed by atoms with Crippen molar-refractivity contribution in [3.63, 3.8) is 0 Å². The first-order chi connectivity index (χ1) is 15.2. The monoisotopic (exact) mass is 542 g/mol. The van der Waals surface area contributed by atoms with Crippen molar-refractivity contribution in [1.82, 2.24) is 0 Å². The number of hydrogen-bond acceptors (Lipinski definition) is 3. The standard InChI is InChI=1S/C27H58O3Si4/c1-18-25(8,34(17,23-6)30-26(9,19-2)31(11,12)21-4)24(7)28-33(15,16)27(10,20-3)29-32(13,14)22-5/h21-24H,4-6,18-20H2,1-3,7-17H3/t24?,25?,26-,27?,34?/m1/s1. The Morgan fingerprint density at radius 3 is 1.50 bits per heavy atom. The molecule has 0 aromatic rings. The summed E-state index contributed by atoms with van der Waals surface area (Å²) < 4.78 is 21.3. The molecule has 0 aliphatic heterocycles. The van der Waals surface area contributed by atoms with Crippen molar-refractivity contribution in [1.29, 1.82) is 0 Å². The molecular formula is C27H58O3Si4. The molecule has 0 radical (unpaired) electrons. The molecule has 0 spiro atoms. The van der Waals surface area contributed by atoms with Gasteiger partial charge in [0.15, 0.2) is 0 Å². The van der Waals surface area contributed by atoms with Crippen LogP contribution in [-0.2, 0) is 13.3 Å². The number of hydrogen-bond donors (Lipinski definition) is 0. The summed E-state index contributed by atoms with van der Waals surface area (Å²) in [5, 5.41) is -0.628. The third kappa shape index (κ3) is 6.64. The van der Waals surface area contributed by atoms with Gasteiger partial charge in [0.2, 0.25) is 25.0 Å². The van der Waals surface area contributed by atoms with E-state index in [-0.39, 0.29) is 21.6 Å². The van der Waals surface area contributed by atoms with Gasteiger partial charge in [-0.15, -0.1) is 19.7 Å². The molecule has 0 saturated carbocycles. The average Bonchev–Trinajstić information content (AvgIpc) is 2.76. The van der Waals surface area contributed by atoms with Crippen LogP contribution in [0.25, 0.3) is 0 Å². The minimum atomic E-state index is -2.45. The summed E-state index contributed by atoms with van der Waals surface area (Å²) >= 11 is 0. The Morgan fingerprint density at radius 2 is 1.18 bits per heavy atom. The molecule has 0 heterocycles. The van der Waals surface area contributed by atoms with E-state index >= 15 is 0 Å². The highest BCUT2D eigenvalue weighted by atomic mass is 28.4. The van der Waals surface area contributed by atoms with Crippen LogP contribution in [0.3, 0.4) is 0 Å². The molecule has 200 valence electrons. The highest BCUT2D eigenvalue weighted by molar-refractivity contribution is 6.87. The van der Waals surface area contributed by atoms with Gasteiger partial charge in [0, 0.05) is 16.4 Å². The second-order valence-corrected chi connectivity index (χ2v) is 29.5. The molecule has 0 aliphatic rings. The maximum absolute atomic E-state index is 7.29. The predicted molar refractivity (Wildman–Crippen MR) is 163 cm³/mol. The first kappa shape index (κ1) is 34.0. The van der Waals surface area contributed by atoms with E-state index in [1.807, 2.05) is 5.70 Å². The van der Waals surface area contributed by atoms with Crippen molar-refractivity contribution in [2.24, 2.45) is 0 Å². The fraction of sp³-hybridized carbons (Fsp3) is 0.778. The summed E-state index contributed by atoms with van der Waals surface area (Å²) in [4.78, 5) is 0. The largest absolute Gasteiger partial charge is 0.412 e. The highest BCUT2D eigenvalue weighted by Gasteiger charge is 2.57.